The Morgan fingerprint density at radius 3 is 2.46 bits per heavy atom. The Morgan fingerprint density at radius 2 is 1.83 bits per heavy atom. The summed E-state index contributed by atoms with van der Waals surface area (Å²) < 4.78 is 0. The highest BCUT2D eigenvalue weighted by atomic mass is 35.5. The van der Waals surface area contributed by atoms with E-state index in [4.69, 9.17) is 28.5 Å². The van der Waals surface area contributed by atoms with Gasteiger partial charge in [-0.2, -0.15) is 5.26 Å². The third-order valence-corrected chi connectivity index (χ3v) is 4.20. The van der Waals surface area contributed by atoms with Crippen molar-refractivity contribution in [3.63, 3.8) is 0 Å². The monoisotopic (exact) mass is 361 g/mol. The summed E-state index contributed by atoms with van der Waals surface area (Å²) in [6.45, 7) is 3.33. The molecule has 124 valence electrons. The van der Waals surface area contributed by atoms with Gasteiger partial charge in [-0.15, -0.1) is 0 Å². The molecule has 2 aromatic carbocycles. The molecule has 4 nitrogen and oxygen atoms in total. The Bertz CT molecular complexity index is 751. The molecule has 1 N–H and O–H groups in total. The molecule has 1 amide bonds. The molecular weight excluding hydrogens is 345 g/mol. The van der Waals surface area contributed by atoms with E-state index in [2.05, 4.69) is 11.4 Å². The average molecular weight is 362 g/mol. The van der Waals surface area contributed by atoms with E-state index in [1.165, 1.54) is 0 Å². The lowest BCUT2D eigenvalue weighted by Crippen LogP contribution is -2.33. The molecule has 0 fully saturated rings. The molecule has 24 heavy (non-hydrogen) atoms. The zero-order valence-corrected chi connectivity index (χ0v) is 14.7. The first kappa shape index (κ1) is 18.3. The summed E-state index contributed by atoms with van der Waals surface area (Å²) in [5.41, 5.74) is 1.93. The lowest BCUT2D eigenvalue weighted by atomic mass is 10.1. The number of rotatable bonds is 6. The topological polar surface area (TPSA) is 56.1 Å². The van der Waals surface area contributed by atoms with Crippen LogP contribution in [0.3, 0.4) is 0 Å². The van der Waals surface area contributed by atoms with Gasteiger partial charge in [-0.25, -0.2) is 0 Å². The SMILES string of the molecule is CCN(CC(=O)Nc1c(Cl)cccc1Cl)Cc1ccccc1C#N. The molecule has 0 unspecified atom stereocenters. The van der Waals surface area contributed by atoms with Crippen molar-refractivity contribution in [2.24, 2.45) is 0 Å². The second-order valence-corrected chi connectivity index (χ2v) is 6.03. The standard InChI is InChI=1S/C18H17Cl2N3O/c1-2-23(11-14-7-4-3-6-13(14)10-21)12-17(24)22-18-15(19)8-5-9-16(18)20/h3-9H,2,11-12H2,1H3,(H,22,24). The molecular formula is C18H17Cl2N3O. The van der Waals surface area contributed by atoms with E-state index in [0.717, 1.165) is 5.56 Å². The summed E-state index contributed by atoms with van der Waals surface area (Å²) in [4.78, 5) is 14.2. The Kier molecular flexibility index (Phi) is 6.62. The van der Waals surface area contributed by atoms with Gasteiger partial charge < -0.3 is 5.32 Å². The van der Waals surface area contributed by atoms with E-state index in [0.29, 0.717) is 34.4 Å². The molecule has 0 aliphatic carbocycles. The largest absolute Gasteiger partial charge is 0.322 e. The van der Waals surface area contributed by atoms with Crippen LogP contribution >= 0.6 is 23.2 Å². The van der Waals surface area contributed by atoms with Crippen LogP contribution in [0.5, 0.6) is 0 Å². The highest BCUT2D eigenvalue weighted by molar-refractivity contribution is 6.39. The van der Waals surface area contributed by atoms with Crippen molar-refractivity contribution < 1.29 is 4.79 Å². The van der Waals surface area contributed by atoms with Gasteiger partial charge in [-0.05, 0) is 30.3 Å². The van der Waals surface area contributed by atoms with E-state index >= 15 is 0 Å². The molecule has 0 aliphatic rings. The zero-order chi connectivity index (χ0) is 17.5. The van der Waals surface area contributed by atoms with Crippen molar-refractivity contribution in [1.82, 2.24) is 4.90 Å². The average Bonchev–Trinajstić information content (AvgIpc) is 2.58. The Balaban J connectivity index is 2.05. The van der Waals surface area contributed by atoms with Gasteiger partial charge in [0.1, 0.15) is 0 Å². The highest BCUT2D eigenvalue weighted by Gasteiger charge is 2.14. The van der Waals surface area contributed by atoms with Crippen LogP contribution < -0.4 is 5.32 Å². The number of nitriles is 1. The van der Waals surface area contributed by atoms with Gasteiger partial charge in [0.2, 0.25) is 5.91 Å². The van der Waals surface area contributed by atoms with Gasteiger partial charge in [-0.3, -0.25) is 9.69 Å². The highest BCUT2D eigenvalue weighted by Crippen LogP contribution is 2.29. The van der Waals surface area contributed by atoms with E-state index in [1.807, 2.05) is 30.0 Å². The van der Waals surface area contributed by atoms with E-state index in [1.54, 1.807) is 24.3 Å². The third kappa shape index (κ3) is 4.72. The molecule has 6 heteroatoms. The van der Waals surface area contributed by atoms with Crippen LogP contribution in [0.15, 0.2) is 42.5 Å². The number of anilines is 1. The minimum Gasteiger partial charge on any atom is -0.322 e. The first-order valence-electron chi connectivity index (χ1n) is 7.49. The number of hydrogen-bond donors (Lipinski definition) is 1. The van der Waals surface area contributed by atoms with Gasteiger partial charge in [0, 0.05) is 6.54 Å². The molecule has 0 saturated heterocycles. The molecule has 0 bridgehead atoms. The maximum absolute atomic E-state index is 12.3. The zero-order valence-electron chi connectivity index (χ0n) is 13.2. The second-order valence-electron chi connectivity index (χ2n) is 5.22. The fourth-order valence-electron chi connectivity index (χ4n) is 2.29. The summed E-state index contributed by atoms with van der Waals surface area (Å²) in [6, 6.07) is 14.6. The maximum Gasteiger partial charge on any atom is 0.238 e. The number of carbonyl (C=O) groups is 1. The lowest BCUT2D eigenvalue weighted by molar-refractivity contribution is -0.117. The Morgan fingerprint density at radius 1 is 1.17 bits per heavy atom. The fourth-order valence-corrected chi connectivity index (χ4v) is 2.78. The molecule has 0 aliphatic heterocycles. The minimum absolute atomic E-state index is 0.178. The third-order valence-electron chi connectivity index (χ3n) is 3.57. The summed E-state index contributed by atoms with van der Waals surface area (Å²) >= 11 is 12.1. The first-order valence-corrected chi connectivity index (χ1v) is 8.25. The number of halogens is 2. The normalized spacial score (nSPS) is 10.5. The van der Waals surface area contributed by atoms with Gasteiger partial charge in [-0.1, -0.05) is 54.4 Å². The van der Waals surface area contributed by atoms with E-state index < -0.39 is 0 Å². The van der Waals surface area contributed by atoms with Crippen LogP contribution in [-0.2, 0) is 11.3 Å². The van der Waals surface area contributed by atoms with Gasteiger partial charge in [0.25, 0.3) is 0 Å². The Labute approximate surface area is 151 Å². The molecule has 0 heterocycles. The maximum atomic E-state index is 12.3. The number of hydrogen-bond acceptors (Lipinski definition) is 3. The van der Waals surface area contributed by atoms with Crippen LogP contribution in [0.2, 0.25) is 10.0 Å². The van der Waals surface area contributed by atoms with Crippen molar-refractivity contribution in [2.45, 2.75) is 13.5 Å². The van der Waals surface area contributed by atoms with Gasteiger partial charge in [0.15, 0.2) is 0 Å². The van der Waals surface area contributed by atoms with Crippen molar-refractivity contribution in [1.29, 1.82) is 5.26 Å². The van der Waals surface area contributed by atoms with Crippen LogP contribution in [0.25, 0.3) is 0 Å². The Hall–Kier alpha value is -2.06. The van der Waals surface area contributed by atoms with Crippen LogP contribution in [0.4, 0.5) is 5.69 Å². The fraction of sp³-hybridized carbons (Fsp3) is 0.222. The number of benzene rings is 2. The molecule has 0 saturated carbocycles. The minimum atomic E-state index is -0.207. The quantitative estimate of drug-likeness (QED) is 0.832. The molecule has 0 atom stereocenters. The number of nitrogens with one attached hydrogen (secondary N) is 1. The number of nitrogens with zero attached hydrogens (tertiary/aromatic N) is 2. The summed E-state index contributed by atoms with van der Waals surface area (Å²) in [5, 5.41) is 12.7. The molecule has 2 aromatic rings. The predicted octanol–water partition coefficient (Wildman–Crippen LogP) is 4.33. The van der Waals surface area contributed by atoms with Crippen LogP contribution in [-0.4, -0.2) is 23.9 Å². The molecule has 0 aromatic heterocycles. The van der Waals surface area contributed by atoms with Crippen molar-refractivity contribution in [2.75, 3.05) is 18.4 Å². The van der Waals surface area contributed by atoms with E-state index in [-0.39, 0.29) is 12.5 Å². The van der Waals surface area contributed by atoms with Crippen LogP contribution in [0.1, 0.15) is 18.1 Å². The number of likely N-dealkylation sites (N-methyl/N-ethyl adjacent to an activating group) is 1. The predicted molar refractivity (Wildman–Crippen MR) is 97.2 cm³/mol. The first-order chi connectivity index (χ1) is 11.5. The van der Waals surface area contributed by atoms with E-state index in [9.17, 15) is 4.79 Å². The molecule has 0 spiro atoms. The van der Waals surface area contributed by atoms with Gasteiger partial charge >= 0.3 is 0 Å². The summed E-state index contributed by atoms with van der Waals surface area (Å²) in [5.74, 6) is -0.207. The van der Waals surface area contributed by atoms with Gasteiger partial charge in [0.05, 0.1) is 33.9 Å². The summed E-state index contributed by atoms with van der Waals surface area (Å²) in [7, 11) is 0. The second kappa shape index (κ2) is 8.70. The summed E-state index contributed by atoms with van der Waals surface area (Å²) in [6.07, 6.45) is 0. The number of para-hydroxylation sites is 1. The smallest absolute Gasteiger partial charge is 0.238 e. The number of amides is 1. The van der Waals surface area contributed by atoms with Crippen molar-refractivity contribution in [3.05, 3.63) is 63.6 Å². The van der Waals surface area contributed by atoms with Crippen molar-refractivity contribution in [3.8, 4) is 6.07 Å². The molecule has 0 radical (unpaired) electrons. The number of carbonyl (C=O) groups excluding carboxylic acids is 1. The molecule has 2 rings (SSSR count). The van der Waals surface area contributed by atoms with Crippen molar-refractivity contribution >= 4 is 34.8 Å². The lowest BCUT2D eigenvalue weighted by Gasteiger charge is -2.21. The van der Waals surface area contributed by atoms with Crippen LogP contribution in [0, 0.1) is 11.3 Å².